The van der Waals surface area contributed by atoms with Crippen molar-refractivity contribution in [2.45, 2.75) is 11.3 Å². The molecule has 0 spiro atoms. The highest BCUT2D eigenvalue weighted by molar-refractivity contribution is 8.15. The van der Waals surface area contributed by atoms with Crippen molar-refractivity contribution in [1.29, 1.82) is 0 Å². The number of nitrogens with zero attached hydrogens (tertiary/aromatic N) is 1. The van der Waals surface area contributed by atoms with Crippen molar-refractivity contribution in [2.24, 2.45) is 5.73 Å². The van der Waals surface area contributed by atoms with E-state index in [1.54, 1.807) is 22.8 Å². The van der Waals surface area contributed by atoms with Gasteiger partial charge in [-0.2, -0.15) is 0 Å². The summed E-state index contributed by atoms with van der Waals surface area (Å²) >= 11 is 13.6. The minimum Gasteiger partial charge on any atom is -0.281 e. The van der Waals surface area contributed by atoms with E-state index >= 15 is 0 Å². The first-order valence-corrected chi connectivity index (χ1v) is 9.07. The van der Waals surface area contributed by atoms with Crippen LogP contribution in [0.5, 0.6) is 0 Å². The summed E-state index contributed by atoms with van der Waals surface area (Å²) in [5.41, 5.74) is 6.69. The van der Waals surface area contributed by atoms with Crippen LogP contribution in [0.2, 0.25) is 10.0 Å². The summed E-state index contributed by atoms with van der Waals surface area (Å²) in [6.07, 6.45) is 0. The summed E-state index contributed by atoms with van der Waals surface area (Å²) in [6, 6.07) is 5.11. The zero-order chi connectivity index (χ0) is 13.8. The second-order valence-electron chi connectivity index (χ2n) is 4.58. The maximum Gasteiger partial charge on any atom is 0.310 e. The molecular weight excluding hydrogens is 327 g/mol. The lowest BCUT2D eigenvalue weighted by molar-refractivity contribution is -0.470. The van der Waals surface area contributed by atoms with Crippen LogP contribution in [0.3, 0.4) is 0 Å². The van der Waals surface area contributed by atoms with E-state index in [0.717, 1.165) is 0 Å². The molecule has 2 atom stereocenters. The Morgan fingerprint density at radius 2 is 2.05 bits per heavy atom. The molecule has 19 heavy (non-hydrogen) atoms. The Hall–Kier alpha value is -0.430. The molecule has 0 saturated carbocycles. The number of fused-ring (bicyclic) bond motifs is 1. The number of rotatable bonds is 1. The molecule has 2 aliphatic heterocycles. The van der Waals surface area contributed by atoms with E-state index < -0.39 is 9.84 Å². The molecule has 1 saturated heterocycles. The van der Waals surface area contributed by atoms with Gasteiger partial charge in [0.25, 0.3) is 0 Å². The van der Waals surface area contributed by atoms with Crippen molar-refractivity contribution in [2.75, 3.05) is 11.5 Å². The van der Waals surface area contributed by atoms with Gasteiger partial charge in [0.2, 0.25) is 0 Å². The summed E-state index contributed by atoms with van der Waals surface area (Å²) in [6.45, 7) is 0. The van der Waals surface area contributed by atoms with Crippen LogP contribution in [-0.2, 0) is 9.84 Å². The smallest absolute Gasteiger partial charge is 0.281 e. The Kier molecular flexibility index (Phi) is 3.24. The second kappa shape index (κ2) is 4.55. The lowest BCUT2D eigenvalue weighted by atomic mass is 10.2. The molecule has 0 aromatic heterocycles. The van der Waals surface area contributed by atoms with E-state index in [1.807, 2.05) is 0 Å². The molecule has 1 aromatic carbocycles. The minimum atomic E-state index is -3.00. The van der Waals surface area contributed by atoms with Crippen molar-refractivity contribution in [1.82, 2.24) is 0 Å². The number of halogens is 2. The summed E-state index contributed by atoms with van der Waals surface area (Å²) in [5, 5.41) is 1.38. The molecule has 1 fully saturated rings. The number of benzene rings is 1. The van der Waals surface area contributed by atoms with E-state index in [4.69, 9.17) is 28.9 Å². The largest absolute Gasteiger partial charge is 0.310 e. The van der Waals surface area contributed by atoms with Crippen LogP contribution >= 0.6 is 35.0 Å². The monoisotopic (exact) mass is 337 g/mol. The van der Waals surface area contributed by atoms with Gasteiger partial charge in [-0.15, -0.1) is 0 Å². The summed E-state index contributed by atoms with van der Waals surface area (Å²) in [4.78, 5) is 0. The highest BCUT2D eigenvalue weighted by Crippen LogP contribution is 2.40. The van der Waals surface area contributed by atoms with Gasteiger partial charge in [-0.3, -0.25) is 5.73 Å². The van der Waals surface area contributed by atoms with Gasteiger partial charge in [0.15, 0.2) is 9.84 Å². The predicted octanol–water partition coefficient (Wildman–Crippen LogP) is 1.86. The first-order chi connectivity index (χ1) is 8.89. The van der Waals surface area contributed by atoms with Crippen LogP contribution < -0.4 is 5.73 Å². The third-order valence-electron chi connectivity index (χ3n) is 3.30. The SMILES string of the molecule is NC1=[N+](c2cccc(Cl)c2Cl)C2CS(=O)(=O)CC2S1. The number of thioether (sulfide) groups is 1. The number of hydrogen-bond donors (Lipinski definition) is 1. The highest BCUT2D eigenvalue weighted by Gasteiger charge is 2.50. The Labute approximate surface area is 125 Å². The standard InChI is InChI=1S/C11H10Cl2N2O2S2/c12-6-2-1-3-7(10(6)13)15-8-4-19(16,17)5-9(8)18-11(15)14/h1-3,8-9,14H,4-5H2/p+1. The average molecular weight is 338 g/mol. The maximum absolute atomic E-state index is 11.7. The topological polar surface area (TPSA) is 63.2 Å². The van der Waals surface area contributed by atoms with Gasteiger partial charge in [-0.25, -0.2) is 13.0 Å². The van der Waals surface area contributed by atoms with Crippen LogP contribution in [0.25, 0.3) is 0 Å². The molecule has 2 unspecified atom stereocenters. The molecule has 2 aliphatic rings. The second-order valence-corrected chi connectivity index (χ2v) is 8.78. The Bertz CT molecular complexity index is 688. The van der Waals surface area contributed by atoms with Crippen LogP contribution in [0, 0.1) is 0 Å². The lowest BCUT2D eigenvalue weighted by Crippen LogP contribution is -2.29. The third-order valence-corrected chi connectivity index (χ3v) is 7.26. The van der Waals surface area contributed by atoms with Crippen LogP contribution in [-0.4, -0.2) is 41.0 Å². The molecule has 4 nitrogen and oxygen atoms in total. The van der Waals surface area contributed by atoms with Gasteiger partial charge in [0.05, 0.1) is 21.8 Å². The quantitative estimate of drug-likeness (QED) is 0.794. The van der Waals surface area contributed by atoms with Crippen LogP contribution in [0.1, 0.15) is 0 Å². The highest BCUT2D eigenvalue weighted by atomic mass is 35.5. The molecule has 2 heterocycles. The number of nitrogens with two attached hydrogens (primary N) is 1. The summed E-state index contributed by atoms with van der Waals surface area (Å²) in [5.74, 6) is 0.270. The van der Waals surface area contributed by atoms with Crippen molar-refractivity contribution in [3.05, 3.63) is 28.2 Å². The van der Waals surface area contributed by atoms with Crippen LogP contribution in [0.4, 0.5) is 5.69 Å². The van der Waals surface area contributed by atoms with Gasteiger partial charge < -0.3 is 0 Å². The number of sulfone groups is 1. The fraction of sp³-hybridized carbons (Fsp3) is 0.364. The maximum atomic E-state index is 11.7. The Morgan fingerprint density at radius 3 is 2.79 bits per heavy atom. The lowest BCUT2D eigenvalue weighted by Gasteiger charge is -2.12. The molecular formula is C11H11Cl2N2O2S2+. The molecule has 1 aromatic rings. The fourth-order valence-corrected chi connectivity index (χ4v) is 6.70. The Morgan fingerprint density at radius 1 is 1.32 bits per heavy atom. The van der Waals surface area contributed by atoms with E-state index in [9.17, 15) is 8.42 Å². The molecule has 0 bridgehead atoms. The van der Waals surface area contributed by atoms with E-state index in [2.05, 4.69) is 0 Å². The van der Waals surface area contributed by atoms with Crippen molar-refractivity contribution in [3.8, 4) is 0 Å². The molecule has 2 N–H and O–H groups in total. The van der Waals surface area contributed by atoms with Gasteiger partial charge in [0.1, 0.15) is 16.8 Å². The van der Waals surface area contributed by atoms with Crippen molar-refractivity contribution < 1.29 is 13.0 Å². The van der Waals surface area contributed by atoms with Crippen LogP contribution in [0.15, 0.2) is 18.2 Å². The molecule has 0 aliphatic carbocycles. The first kappa shape index (κ1) is 13.5. The van der Waals surface area contributed by atoms with Gasteiger partial charge in [-0.1, -0.05) is 29.3 Å². The zero-order valence-electron chi connectivity index (χ0n) is 9.71. The van der Waals surface area contributed by atoms with Crippen molar-refractivity contribution >= 4 is 55.7 Å². The van der Waals surface area contributed by atoms with Gasteiger partial charge in [0, 0.05) is 0 Å². The fourth-order valence-electron chi connectivity index (χ4n) is 2.50. The van der Waals surface area contributed by atoms with Crippen molar-refractivity contribution in [3.63, 3.8) is 0 Å². The average Bonchev–Trinajstić information content (AvgIpc) is 2.73. The normalized spacial score (nSPS) is 28.7. The third kappa shape index (κ3) is 2.24. The molecule has 102 valence electrons. The van der Waals surface area contributed by atoms with E-state index in [-0.39, 0.29) is 22.8 Å². The predicted molar refractivity (Wildman–Crippen MR) is 79.4 cm³/mol. The van der Waals surface area contributed by atoms with Gasteiger partial charge in [-0.05, 0) is 23.9 Å². The summed E-state index contributed by atoms with van der Waals surface area (Å²) in [7, 11) is -3.00. The molecule has 8 heteroatoms. The molecule has 0 amide bonds. The van der Waals surface area contributed by atoms with E-state index in [0.29, 0.717) is 20.9 Å². The van der Waals surface area contributed by atoms with E-state index in [1.165, 1.54) is 11.8 Å². The number of hydrogen-bond acceptors (Lipinski definition) is 4. The summed E-state index contributed by atoms with van der Waals surface area (Å²) < 4.78 is 25.3. The zero-order valence-corrected chi connectivity index (χ0v) is 12.9. The minimum absolute atomic E-state index is 0.0277. The van der Waals surface area contributed by atoms with Gasteiger partial charge >= 0.3 is 5.17 Å². The number of amidine groups is 1. The molecule has 3 rings (SSSR count). The Balaban J connectivity index is 2.10. The molecule has 0 radical (unpaired) electrons. The first-order valence-electron chi connectivity index (χ1n) is 5.62.